The van der Waals surface area contributed by atoms with Crippen molar-refractivity contribution >= 4 is 11.6 Å². The summed E-state index contributed by atoms with van der Waals surface area (Å²) in [6.07, 6.45) is 7.56. The maximum absolute atomic E-state index is 4.38. The summed E-state index contributed by atoms with van der Waals surface area (Å²) >= 11 is 0. The summed E-state index contributed by atoms with van der Waals surface area (Å²) in [4.78, 5) is 4.38. The summed E-state index contributed by atoms with van der Waals surface area (Å²) in [5, 5.41) is 7.58. The first-order chi connectivity index (χ1) is 9.83. The molecule has 0 fully saturated rings. The van der Waals surface area contributed by atoms with Gasteiger partial charge in [-0.25, -0.2) is 4.98 Å². The molecule has 0 saturated heterocycles. The molecule has 3 rings (SSSR count). The van der Waals surface area contributed by atoms with Crippen LogP contribution in [0.15, 0.2) is 61.2 Å². The van der Waals surface area contributed by atoms with Crippen LogP contribution in [0.3, 0.4) is 0 Å². The van der Waals surface area contributed by atoms with Crippen LogP contribution in [0, 0.1) is 0 Å². The zero-order chi connectivity index (χ0) is 13.8. The number of hydrogen-bond donors (Lipinski definition) is 1. The lowest BCUT2D eigenvalue weighted by molar-refractivity contribution is 0.441. The van der Waals surface area contributed by atoms with Crippen LogP contribution in [0.25, 0.3) is 0 Å². The molecule has 3 aromatic rings. The predicted molar refractivity (Wildman–Crippen MR) is 78.9 cm³/mol. The predicted octanol–water partition coefficient (Wildman–Crippen LogP) is 3.08. The van der Waals surface area contributed by atoms with E-state index < -0.39 is 0 Å². The highest BCUT2D eigenvalue weighted by Crippen LogP contribution is 2.19. The van der Waals surface area contributed by atoms with Crippen LogP contribution < -0.4 is 5.32 Å². The van der Waals surface area contributed by atoms with E-state index in [1.807, 2.05) is 59.7 Å². The summed E-state index contributed by atoms with van der Waals surface area (Å²) in [7, 11) is 0. The molecule has 5 nitrogen and oxygen atoms in total. The van der Waals surface area contributed by atoms with Gasteiger partial charge in [0.1, 0.15) is 0 Å². The number of nitrogens with zero attached hydrogens (tertiary/aromatic N) is 4. The number of imidazole rings is 1. The number of aromatic nitrogens is 4. The molecule has 2 aromatic heterocycles. The Balaban J connectivity index is 1.76. The second kappa shape index (κ2) is 5.61. The van der Waals surface area contributed by atoms with E-state index >= 15 is 0 Å². The molecule has 1 aromatic carbocycles. The second-order valence-electron chi connectivity index (χ2n) is 4.73. The summed E-state index contributed by atoms with van der Waals surface area (Å²) in [5.74, 6) is 0.843. The van der Waals surface area contributed by atoms with Crippen molar-refractivity contribution in [3.63, 3.8) is 0 Å². The van der Waals surface area contributed by atoms with Crippen LogP contribution in [-0.2, 0) is 6.54 Å². The molecule has 0 aliphatic carbocycles. The summed E-state index contributed by atoms with van der Waals surface area (Å²) < 4.78 is 4.05. The van der Waals surface area contributed by atoms with Gasteiger partial charge in [0, 0.05) is 30.5 Å². The van der Waals surface area contributed by atoms with Gasteiger partial charge < -0.3 is 9.88 Å². The number of benzene rings is 1. The quantitative estimate of drug-likeness (QED) is 0.772. The van der Waals surface area contributed by atoms with Gasteiger partial charge in [-0.05, 0) is 25.1 Å². The average molecular weight is 267 g/mol. The Kier molecular flexibility index (Phi) is 3.50. The van der Waals surface area contributed by atoms with E-state index in [9.17, 15) is 0 Å². The van der Waals surface area contributed by atoms with E-state index in [0.717, 1.165) is 18.2 Å². The fourth-order valence-corrected chi connectivity index (χ4v) is 2.18. The Hall–Kier alpha value is -2.56. The van der Waals surface area contributed by atoms with Crippen molar-refractivity contribution in [2.45, 2.75) is 19.5 Å². The van der Waals surface area contributed by atoms with Gasteiger partial charge in [-0.15, -0.1) is 0 Å². The van der Waals surface area contributed by atoms with E-state index in [-0.39, 0.29) is 6.04 Å². The highest BCUT2D eigenvalue weighted by molar-refractivity contribution is 5.53. The van der Waals surface area contributed by atoms with Gasteiger partial charge in [-0.2, -0.15) is 5.10 Å². The number of anilines is 2. The maximum Gasteiger partial charge on any atom is 0.207 e. The number of rotatable bonds is 5. The summed E-state index contributed by atoms with van der Waals surface area (Å²) in [6.45, 7) is 2.96. The largest absolute Gasteiger partial charge is 0.326 e. The van der Waals surface area contributed by atoms with Crippen molar-refractivity contribution in [1.82, 2.24) is 19.3 Å². The molecule has 0 bridgehead atoms. The highest BCUT2D eigenvalue weighted by Gasteiger charge is 2.10. The van der Waals surface area contributed by atoms with E-state index in [1.54, 1.807) is 6.20 Å². The zero-order valence-electron chi connectivity index (χ0n) is 11.3. The minimum absolute atomic E-state index is 0.267. The lowest BCUT2D eigenvalue weighted by Crippen LogP contribution is -2.14. The summed E-state index contributed by atoms with van der Waals surface area (Å²) in [6, 6.07) is 12.3. The van der Waals surface area contributed by atoms with Crippen molar-refractivity contribution in [2.75, 3.05) is 5.32 Å². The Morgan fingerprint density at radius 2 is 1.95 bits per heavy atom. The van der Waals surface area contributed by atoms with Crippen molar-refractivity contribution in [2.24, 2.45) is 0 Å². The molecule has 0 aliphatic rings. The van der Waals surface area contributed by atoms with Gasteiger partial charge in [0.2, 0.25) is 5.95 Å². The minimum atomic E-state index is 0.267. The molecule has 102 valence electrons. The van der Waals surface area contributed by atoms with Crippen LogP contribution in [0.4, 0.5) is 11.6 Å². The molecule has 0 radical (unpaired) electrons. The Bertz CT molecular complexity index is 642. The minimum Gasteiger partial charge on any atom is -0.326 e. The highest BCUT2D eigenvalue weighted by atomic mass is 15.3. The van der Waals surface area contributed by atoms with Gasteiger partial charge in [-0.3, -0.25) is 4.68 Å². The Labute approximate surface area is 117 Å². The SMILES string of the molecule is CC(Cn1cccn1)n1ccnc1Nc1ccccc1. The maximum atomic E-state index is 4.38. The fourth-order valence-electron chi connectivity index (χ4n) is 2.18. The molecular formula is C15H17N5. The van der Waals surface area contributed by atoms with Gasteiger partial charge >= 0.3 is 0 Å². The Morgan fingerprint density at radius 1 is 1.10 bits per heavy atom. The third-order valence-electron chi connectivity index (χ3n) is 3.18. The molecule has 1 N–H and O–H groups in total. The van der Waals surface area contributed by atoms with Crippen LogP contribution >= 0.6 is 0 Å². The average Bonchev–Trinajstić information content (AvgIpc) is 3.11. The van der Waals surface area contributed by atoms with E-state index in [0.29, 0.717) is 0 Å². The third kappa shape index (κ3) is 2.71. The number of hydrogen-bond acceptors (Lipinski definition) is 3. The standard InChI is InChI=1S/C15H17N5/c1-13(12-19-10-5-8-17-19)20-11-9-16-15(20)18-14-6-3-2-4-7-14/h2-11,13H,12H2,1H3,(H,16,18). The smallest absolute Gasteiger partial charge is 0.207 e. The topological polar surface area (TPSA) is 47.7 Å². The summed E-state index contributed by atoms with van der Waals surface area (Å²) in [5.41, 5.74) is 1.03. The first-order valence-corrected chi connectivity index (χ1v) is 6.65. The molecule has 2 heterocycles. The van der Waals surface area contributed by atoms with Gasteiger partial charge in [-0.1, -0.05) is 18.2 Å². The van der Waals surface area contributed by atoms with E-state index in [4.69, 9.17) is 0 Å². The molecule has 1 unspecified atom stereocenters. The molecular weight excluding hydrogens is 250 g/mol. The monoisotopic (exact) mass is 267 g/mol. The molecule has 0 amide bonds. The lowest BCUT2D eigenvalue weighted by Gasteiger charge is -2.17. The molecule has 0 saturated carbocycles. The third-order valence-corrected chi connectivity index (χ3v) is 3.18. The number of para-hydroxylation sites is 1. The lowest BCUT2D eigenvalue weighted by atomic mass is 10.3. The van der Waals surface area contributed by atoms with Crippen LogP contribution in [0.1, 0.15) is 13.0 Å². The van der Waals surface area contributed by atoms with Crippen molar-refractivity contribution < 1.29 is 0 Å². The van der Waals surface area contributed by atoms with E-state index in [1.165, 1.54) is 0 Å². The Morgan fingerprint density at radius 3 is 2.70 bits per heavy atom. The number of nitrogens with one attached hydrogen (secondary N) is 1. The van der Waals surface area contributed by atoms with Crippen LogP contribution in [0.5, 0.6) is 0 Å². The van der Waals surface area contributed by atoms with Crippen LogP contribution in [0.2, 0.25) is 0 Å². The van der Waals surface area contributed by atoms with E-state index in [2.05, 4.69) is 26.9 Å². The molecule has 20 heavy (non-hydrogen) atoms. The first-order valence-electron chi connectivity index (χ1n) is 6.65. The van der Waals surface area contributed by atoms with Crippen LogP contribution in [-0.4, -0.2) is 19.3 Å². The second-order valence-corrected chi connectivity index (χ2v) is 4.73. The fraction of sp³-hybridized carbons (Fsp3) is 0.200. The van der Waals surface area contributed by atoms with Gasteiger partial charge in [0.25, 0.3) is 0 Å². The molecule has 5 heteroatoms. The first kappa shape index (κ1) is 12.5. The van der Waals surface area contributed by atoms with Gasteiger partial charge in [0.15, 0.2) is 0 Å². The molecule has 0 aliphatic heterocycles. The van der Waals surface area contributed by atoms with Crippen molar-refractivity contribution in [3.05, 3.63) is 61.2 Å². The molecule has 0 spiro atoms. The van der Waals surface area contributed by atoms with Crippen molar-refractivity contribution in [1.29, 1.82) is 0 Å². The van der Waals surface area contributed by atoms with Gasteiger partial charge in [0.05, 0.1) is 12.6 Å². The van der Waals surface area contributed by atoms with Crippen molar-refractivity contribution in [3.8, 4) is 0 Å². The zero-order valence-corrected chi connectivity index (χ0v) is 11.3. The molecule has 1 atom stereocenters. The normalized spacial score (nSPS) is 12.2.